The van der Waals surface area contributed by atoms with E-state index in [0.717, 1.165) is 121 Å². The van der Waals surface area contributed by atoms with E-state index in [1.54, 1.807) is 0 Å². The molecule has 0 N–H and O–H groups in total. The standard InChI is InChI=1S/C72H46N4O4/c1-39(2)55-35-61(75(57-25-11-21-47-43-17-5-7-29-63(43)77-69(47)57)59-27-13-23-51-49-19-9-15-41(37-73)67(49)79-71(51)59)53-34-32-46-56(40(3)4)36-62(54-33-31-45(55)65(53)66(46)54)76(58-26-12-22-48-44-18-6-8-30-64(44)78-70(48)58)60-28-14-24-52-50-20-10-16-42(38-74)68(50)80-72(52)60/h5-36,39-40H,1-4H3. The summed E-state index contributed by atoms with van der Waals surface area (Å²) in [7, 11) is 0. The summed E-state index contributed by atoms with van der Waals surface area (Å²) in [5.41, 5.74) is 14.1. The van der Waals surface area contributed by atoms with E-state index in [4.69, 9.17) is 17.7 Å². The van der Waals surface area contributed by atoms with E-state index in [2.05, 4.69) is 183 Å². The van der Waals surface area contributed by atoms with Gasteiger partial charge < -0.3 is 27.5 Å². The van der Waals surface area contributed by atoms with Crippen molar-refractivity contribution in [1.82, 2.24) is 0 Å². The van der Waals surface area contributed by atoms with Crippen LogP contribution in [0.15, 0.2) is 212 Å². The highest BCUT2D eigenvalue weighted by Crippen LogP contribution is 2.55. The number of hydrogen-bond acceptors (Lipinski definition) is 8. The van der Waals surface area contributed by atoms with E-state index in [0.29, 0.717) is 33.5 Å². The molecule has 12 aromatic carbocycles. The number of hydrogen-bond donors (Lipinski definition) is 0. The lowest BCUT2D eigenvalue weighted by molar-refractivity contribution is 0.665. The summed E-state index contributed by atoms with van der Waals surface area (Å²) in [6, 6.07) is 72.0. The zero-order valence-corrected chi connectivity index (χ0v) is 44.1. The van der Waals surface area contributed by atoms with Crippen LogP contribution < -0.4 is 9.80 Å². The maximum Gasteiger partial charge on any atom is 0.159 e. The molecule has 0 bridgehead atoms. The van der Waals surface area contributed by atoms with Crippen molar-refractivity contribution < 1.29 is 17.7 Å². The van der Waals surface area contributed by atoms with Gasteiger partial charge in [0.2, 0.25) is 0 Å². The van der Waals surface area contributed by atoms with Crippen LogP contribution in [0.25, 0.3) is 120 Å². The molecule has 80 heavy (non-hydrogen) atoms. The second-order valence-corrected chi connectivity index (χ2v) is 21.6. The molecule has 0 spiro atoms. The molecule has 0 fully saturated rings. The quantitative estimate of drug-likeness (QED) is 0.139. The fourth-order valence-electron chi connectivity index (χ4n) is 13.1. The third kappa shape index (κ3) is 6.30. The van der Waals surface area contributed by atoms with Gasteiger partial charge in [0.25, 0.3) is 0 Å². The number of rotatable bonds is 8. The molecule has 16 rings (SSSR count). The predicted molar refractivity (Wildman–Crippen MR) is 326 cm³/mol. The minimum Gasteiger partial charge on any atom is -0.454 e. The third-order valence-electron chi connectivity index (χ3n) is 16.6. The van der Waals surface area contributed by atoms with Gasteiger partial charge in [-0.2, -0.15) is 10.5 Å². The fourth-order valence-corrected chi connectivity index (χ4v) is 13.1. The Balaban J connectivity index is 1.05. The zero-order valence-electron chi connectivity index (χ0n) is 44.1. The van der Waals surface area contributed by atoms with Crippen LogP contribution in [0.5, 0.6) is 0 Å². The Hall–Kier alpha value is -10.5. The van der Waals surface area contributed by atoms with Gasteiger partial charge in [0.15, 0.2) is 33.5 Å². The molecule has 0 aliphatic carbocycles. The van der Waals surface area contributed by atoms with Crippen molar-refractivity contribution >= 4 is 154 Å². The molecule has 378 valence electrons. The Morgan fingerprint density at radius 2 is 0.613 bits per heavy atom. The van der Waals surface area contributed by atoms with Crippen LogP contribution in [0.4, 0.5) is 34.1 Å². The number of furan rings is 4. The van der Waals surface area contributed by atoms with Crippen LogP contribution in [0.2, 0.25) is 0 Å². The topological polar surface area (TPSA) is 107 Å². The minimum atomic E-state index is 0.109. The van der Waals surface area contributed by atoms with Gasteiger partial charge >= 0.3 is 0 Å². The van der Waals surface area contributed by atoms with E-state index in [1.165, 1.54) is 21.9 Å². The molecule has 0 aliphatic heterocycles. The van der Waals surface area contributed by atoms with Gasteiger partial charge in [-0.25, -0.2) is 0 Å². The molecule has 4 aromatic heterocycles. The molecule has 8 nitrogen and oxygen atoms in total. The Labute approximate surface area is 458 Å². The molecule has 0 radical (unpaired) electrons. The molecule has 0 saturated heterocycles. The molecule has 8 heteroatoms. The van der Waals surface area contributed by atoms with E-state index >= 15 is 0 Å². The second kappa shape index (κ2) is 17.0. The molecular weight excluding hydrogens is 985 g/mol. The van der Waals surface area contributed by atoms with Crippen LogP contribution >= 0.6 is 0 Å². The van der Waals surface area contributed by atoms with Crippen LogP contribution in [0.3, 0.4) is 0 Å². The van der Waals surface area contributed by atoms with E-state index in [1.807, 2.05) is 60.7 Å². The first-order chi connectivity index (χ1) is 39.3. The maximum absolute atomic E-state index is 10.4. The van der Waals surface area contributed by atoms with Gasteiger partial charge in [-0.05, 0) is 105 Å². The van der Waals surface area contributed by atoms with E-state index in [-0.39, 0.29) is 11.8 Å². The van der Waals surface area contributed by atoms with Crippen LogP contribution in [-0.2, 0) is 0 Å². The average molecular weight is 1030 g/mol. The first-order valence-corrected chi connectivity index (χ1v) is 27.2. The van der Waals surface area contributed by atoms with E-state index in [9.17, 15) is 10.5 Å². The number of para-hydroxylation sites is 8. The molecule has 0 amide bonds. The van der Waals surface area contributed by atoms with Crippen molar-refractivity contribution in [2.45, 2.75) is 39.5 Å². The maximum atomic E-state index is 10.4. The monoisotopic (exact) mass is 1030 g/mol. The van der Waals surface area contributed by atoms with Crippen LogP contribution in [-0.4, -0.2) is 0 Å². The Bertz CT molecular complexity index is 5050. The van der Waals surface area contributed by atoms with Gasteiger partial charge in [-0.1, -0.05) is 161 Å². The molecule has 0 atom stereocenters. The van der Waals surface area contributed by atoms with E-state index < -0.39 is 0 Å². The fraction of sp³-hybridized carbons (Fsp3) is 0.0833. The first-order valence-electron chi connectivity index (χ1n) is 27.2. The Kier molecular flexibility index (Phi) is 9.69. The summed E-state index contributed by atoms with van der Waals surface area (Å²) in [5, 5.41) is 35.1. The summed E-state index contributed by atoms with van der Waals surface area (Å²) in [4.78, 5) is 4.66. The molecule has 0 saturated carbocycles. The van der Waals surface area contributed by atoms with Gasteiger partial charge in [0, 0.05) is 53.9 Å². The summed E-state index contributed by atoms with van der Waals surface area (Å²) in [6.45, 7) is 9.10. The van der Waals surface area contributed by atoms with Crippen molar-refractivity contribution in [2.24, 2.45) is 0 Å². The minimum absolute atomic E-state index is 0.109. The highest BCUT2D eigenvalue weighted by atomic mass is 16.3. The van der Waals surface area contributed by atoms with Gasteiger partial charge in [0.05, 0.1) is 45.3 Å². The lowest BCUT2D eigenvalue weighted by Gasteiger charge is -2.31. The summed E-state index contributed by atoms with van der Waals surface area (Å²) in [5.74, 6) is 0.218. The van der Waals surface area contributed by atoms with Crippen molar-refractivity contribution in [3.8, 4) is 12.1 Å². The zero-order chi connectivity index (χ0) is 53.7. The number of anilines is 6. The van der Waals surface area contributed by atoms with Gasteiger partial charge in [-0.15, -0.1) is 0 Å². The normalized spacial score (nSPS) is 12.2. The van der Waals surface area contributed by atoms with Gasteiger partial charge in [0.1, 0.15) is 23.3 Å². The van der Waals surface area contributed by atoms with Crippen molar-refractivity contribution in [3.63, 3.8) is 0 Å². The smallest absolute Gasteiger partial charge is 0.159 e. The Morgan fingerprint density at radius 3 is 0.988 bits per heavy atom. The molecule has 0 unspecified atom stereocenters. The number of benzene rings is 12. The highest BCUT2D eigenvalue weighted by Gasteiger charge is 2.31. The van der Waals surface area contributed by atoms with Crippen molar-refractivity contribution in [1.29, 1.82) is 10.5 Å². The third-order valence-corrected chi connectivity index (χ3v) is 16.6. The number of nitrogens with zero attached hydrogens (tertiary/aromatic N) is 4. The largest absolute Gasteiger partial charge is 0.454 e. The second-order valence-electron chi connectivity index (χ2n) is 21.6. The predicted octanol–water partition coefficient (Wildman–Crippen LogP) is 21.1. The van der Waals surface area contributed by atoms with Crippen molar-refractivity contribution in [2.75, 3.05) is 9.80 Å². The molecule has 4 heterocycles. The van der Waals surface area contributed by atoms with Crippen molar-refractivity contribution in [3.05, 3.63) is 216 Å². The summed E-state index contributed by atoms with van der Waals surface area (Å²) < 4.78 is 27.8. The van der Waals surface area contributed by atoms with Crippen LogP contribution in [0, 0.1) is 22.7 Å². The van der Waals surface area contributed by atoms with Gasteiger partial charge in [-0.3, -0.25) is 0 Å². The summed E-state index contributed by atoms with van der Waals surface area (Å²) >= 11 is 0. The molecular formula is C72H46N4O4. The lowest BCUT2D eigenvalue weighted by Crippen LogP contribution is -2.13. The molecule has 0 aliphatic rings. The first kappa shape index (κ1) is 45.6. The number of nitriles is 2. The lowest BCUT2D eigenvalue weighted by atomic mass is 9.84. The Morgan fingerprint density at radius 1 is 0.300 bits per heavy atom. The van der Waals surface area contributed by atoms with Crippen LogP contribution in [0.1, 0.15) is 61.8 Å². The average Bonchev–Trinajstić information content (AvgIpc) is 4.40. The molecule has 16 aromatic rings. The number of fused-ring (bicyclic) bond motifs is 12. The highest BCUT2D eigenvalue weighted by molar-refractivity contribution is 6.31. The summed E-state index contributed by atoms with van der Waals surface area (Å²) in [6.07, 6.45) is 0. The SMILES string of the molecule is CC(C)c1cc(N(c2cccc3c2oc2ccccc23)c2cccc3c2oc2c(C#N)cccc23)c2ccc3c(C(C)C)cc(N(c4cccc5c4oc4ccccc45)c4cccc5c4oc4c(C#N)cccc45)c4ccc1c2c34.